The topological polar surface area (TPSA) is 60.0 Å². The van der Waals surface area contributed by atoms with Crippen LogP contribution in [0, 0.1) is 0 Å². The van der Waals surface area contributed by atoms with Crippen LogP contribution in [0.2, 0.25) is 0 Å². The second kappa shape index (κ2) is 10.0. The zero-order valence-electron chi connectivity index (χ0n) is 13.8. The molecule has 1 aromatic carbocycles. The SMILES string of the molecule is COCCCNC(=O)CN(C)Cc1ccc(OC)cc1OC. The molecule has 0 radical (unpaired) electrons. The van der Waals surface area contributed by atoms with E-state index in [1.165, 1.54) is 0 Å². The fraction of sp³-hybridized carbons (Fsp3) is 0.562. The molecule has 0 aliphatic heterocycles. The zero-order valence-corrected chi connectivity index (χ0v) is 13.8. The van der Waals surface area contributed by atoms with Gasteiger partial charge < -0.3 is 19.5 Å². The summed E-state index contributed by atoms with van der Waals surface area (Å²) >= 11 is 0. The Kier molecular flexibility index (Phi) is 8.32. The van der Waals surface area contributed by atoms with Crippen LogP contribution in [0.4, 0.5) is 0 Å². The van der Waals surface area contributed by atoms with Gasteiger partial charge >= 0.3 is 0 Å². The first-order chi connectivity index (χ1) is 10.6. The number of amides is 1. The van der Waals surface area contributed by atoms with Gasteiger partial charge in [-0.25, -0.2) is 0 Å². The summed E-state index contributed by atoms with van der Waals surface area (Å²) in [6.45, 7) is 2.24. The highest BCUT2D eigenvalue weighted by Gasteiger charge is 2.10. The van der Waals surface area contributed by atoms with Crippen molar-refractivity contribution in [3.05, 3.63) is 23.8 Å². The lowest BCUT2D eigenvalue weighted by molar-refractivity contribution is -0.122. The molecule has 0 aliphatic rings. The normalized spacial score (nSPS) is 10.6. The molecule has 0 aliphatic carbocycles. The van der Waals surface area contributed by atoms with Crippen molar-refractivity contribution in [3.8, 4) is 11.5 Å². The molecule has 0 atom stereocenters. The quantitative estimate of drug-likeness (QED) is 0.660. The van der Waals surface area contributed by atoms with E-state index in [1.807, 2.05) is 30.1 Å². The second-order valence-electron chi connectivity index (χ2n) is 5.05. The maximum Gasteiger partial charge on any atom is 0.234 e. The van der Waals surface area contributed by atoms with Gasteiger partial charge in [-0.15, -0.1) is 0 Å². The van der Waals surface area contributed by atoms with Gasteiger partial charge in [-0.3, -0.25) is 9.69 Å². The van der Waals surface area contributed by atoms with E-state index >= 15 is 0 Å². The number of hydrogen-bond donors (Lipinski definition) is 1. The minimum atomic E-state index is 0.00563. The fourth-order valence-electron chi connectivity index (χ4n) is 2.07. The van der Waals surface area contributed by atoms with Crippen molar-refractivity contribution in [1.29, 1.82) is 0 Å². The molecule has 6 heteroatoms. The molecule has 22 heavy (non-hydrogen) atoms. The number of methoxy groups -OCH3 is 3. The lowest BCUT2D eigenvalue weighted by Gasteiger charge is -2.18. The summed E-state index contributed by atoms with van der Waals surface area (Å²) < 4.78 is 15.5. The van der Waals surface area contributed by atoms with Gasteiger partial charge in [-0.05, 0) is 19.5 Å². The number of rotatable bonds is 10. The highest BCUT2D eigenvalue weighted by molar-refractivity contribution is 5.77. The zero-order chi connectivity index (χ0) is 16.4. The molecule has 0 saturated heterocycles. The Morgan fingerprint density at radius 2 is 2.00 bits per heavy atom. The van der Waals surface area contributed by atoms with Gasteiger partial charge in [-0.2, -0.15) is 0 Å². The van der Waals surface area contributed by atoms with Crippen LogP contribution in [0.1, 0.15) is 12.0 Å². The molecular weight excluding hydrogens is 284 g/mol. The third-order valence-electron chi connectivity index (χ3n) is 3.20. The van der Waals surface area contributed by atoms with Gasteiger partial charge in [0, 0.05) is 38.4 Å². The maximum atomic E-state index is 11.8. The van der Waals surface area contributed by atoms with E-state index in [0.717, 1.165) is 23.5 Å². The first kappa shape index (κ1) is 18.3. The van der Waals surface area contributed by atoms with Gasteiger partial charge in [0.15, 0.2) is 0 Å². The van der Waals surface area contributed by atoms with Crippen LogP contribution >= 0.6 is 0 Å². The number of nitrogens with one attached hydrogen (secondary N) is 1. The maximum absolute atomic E-state index is 11.8. The molecule has 0 aromatic heterocycles. The number of carbonyl (C=O) groups excluding carboxylic acids is 1. The Morgan fingerprint density at radius 1 is 1.23 bits per heavy atom. The van der Waals surface area contributed by atoms with Crippen molar-refractivity contribution in [2.24, 2.45) is 0 Å². The van der Waals surface area contributed by atoms with E-state index in [4.69, 9.17) is 14.2 Å². The van der Waals surface area contributed by atoms with Crippen LogP contribution in [-0.4, -0.2) is 58.9 Å². The molecule has 6 nitrogen and oxygen atoms in total. The number of ether oxygens (including phenoxy) is 3. The van der Waals surface area contributed by atoms with Crippen molar-refractivity contribution in [2.75, 3.05) is 48.1 Å². The monoisotopic (exact) mass is 310 g/mol. The third kappa shape index (κ3) is 6.32. The summed E-state index contributed by atoms with van der Waals surface area (Å²) in [5.41, 5.74) is 1.01. The van der Waals surface area contributed by atoms with Crippen molar-refractivity contribution in [3.63, 3.8) is 0 Å². The fourth-order valence-corrected chi connectivity index (χ4v) is 2.07. The molecule has 0 fully saturated rings. The Morgan fingerprint density at radius 3 is 2.64 bits per heavy atom. The summed E-state index contributed by atoms with van der Waals surface area (Å²) in [6.07, 6.45) is 0.818. The number of hydrogen-bond acceptors (Lipinski definition) is 5. The van der Waals surface area contributed by atoms with Crippen LogP contribution in [0.15, 0.2) is 18.2 Å². The predicted molar refractivity (Wildman–Crippen MR) is 85.4 cm³/mol. The third-order valence-corrected chi connectivity index (χ3v) is 3.20. The molecule has 0 spiro atoms. The number of benzene rings is 1. The summed E-state index contributed by atoms with van der Waals surface area (Å²) in [5, 5.41) is 2.87. The Balaban J connectivity index is 2.47. The van der Waals surface area contributed by atoms with E-state index in [2.05, 4.69) is 5.32 Å². The summed E-state index contributed by atoms with van der Waals surface area (Å²) in [4.78, 5) is 13.8. The van der Waals surface area contributed by atoms with E-state index in [0.29, 0.717) is 26.2 Å². The highest BCUT2D eigenvalue weighted by Crippen LogP contribution is 2.25. The lowest BCUT2D eigenvalue weighted by atomic mass is 10.2. The molecule has 0 saturated carbocycles. The first-order valence-electron chi connectivity index (χ1n) is 7.25. The minimum absolute atomic E-state index is 0.00563. The van der Waals surface area contributed by atoms with E-state index in [-0.39, 0.29) is 5.91 Å². The second-order valence-corrected chi connectivity index (χ2v) is 5.05. The molecule has 1 aromatic rings. The first-order valence-corrected chi connectivity index (χ1v) is 7.25. The van der Waals surface area contributed by atoms with Crippen LogP contribution in [0.5, 0.6) is 11.5 Å². The van der Waals surface area contributed by atoms with Gasteiger partial charge in [0.1, 0.15) is 11.5 Å². The summed E-state index contributed by atoms with van der Waals surface area (Å²) in [6, 6.07) is 5.68. The average Bonchev–Trinajstić information content (AvgIpc) is 2.51. The van der Waals surface area contributed by atoms with E-state index in [1.54, 1.807) is 21.3 Å². The van der Waals surface area contributed by atoms with Crippen LogP contribution in [0.3, 0.4) is 0 Å². The van der Waals surface area contributed by atoms with Crippen molar-refractivity contribution in [1.82, 2.24) is 10.2 Å². The highest BCUT2D eigenvalue weighted by atomic mass is 16.5. The van der Waals surface area contributed by atoms with Gasteiger partial charge in [-0.1, -0.05) is 6.07 Å². The molecular formula is C16H26N2O4. The van der Waals surface area contributed by atoms with Gasteiger partial charge in [0.25, 0.3) is 0 Å². The molecule has 1 amide bonds. The lowest BCUT2D eigenvalue weighted by Crippen LogP contribution is -2.35. The number of likely N-dealkylation sites (N-methyl/N-ethyl adjacent to an activating group) is 1. The minimum Gasteiger partial charge on any atom is -0.497 e. The van der Waals surface area contributed by atoms with Crippen molar-refractivity contribution < 1.29 is 19.0 Å². The van der Waals surface area contributed by atoms with Crippen LogP contribution in [0.25, 0.3) is 0 Å². The van der Waals surface area contributed by atoms with Gasteiger partial charge in [0.2, 0.25) is 5.91 Å². The standard InChI is InChI=1S/C16H26N2O4/c1-18(12-16(19)17-8-5-9-20-2)11-13-6-7-14(21-3)10-15(13)22-4/h6-7,10H,5,8-9,11-12H2,1-4H3,(H,17,19). The Hall–Kier alpha value is -1.79. The van der Waals surface area contributed by atoms with Crippen molar-refractivity contribution in [2.45, 2.75) is 13.0 Å². The van der Waals surface area contributed by atoms with Crippen molar-refractivity contribution >= 4 is 5.91 Å². The summed E-state index contributed by atoms with van der Waals surface area (Å²) in [5.74, 6) is 1.51. The van der Waals surface area contributed by atoms with Crippen LogP contribution < -0.4 is 14.8 Å². The summed E-state index contributed by atoms with van der Waals surface area (Å²) in [7, 11) is 6.80. The van der Waals surface area contributed by atoms with E-state index in [9.17, 15) is 4.79 Å². The Labute approximate surface area is 132 Å². The molecule has 1 rings (SSSR count). The molecule has 124 valence electrons. The van der Waals surface area contributed by atoms with E-state index < -0.39 is 0 Å². The number of nitrogens with zero attached hydrogens (tertiary/aromatic N) is 1. The largest absolute Gasteiger partial charge is 0.497 e. The smallest absolute Gasteiger partial charge is 0.234 e. The molecule has 0 bridgehead atoms. The Bertz CT molecular complexity index is 465. The molecule has 0 heterocycles. The predicted octanol–water partition coefficient (Wildman–Crippen LogP) is 1.29. The number of carbonyl (C=O) groups is 1. The molecule has 1 N–H and O–H groups in total. The van der Waals surface area contributed by atoms with Crippen LogP contribution in [-0.2, 0) is 16.1 Å². The molecule has 0 unspecified atom stereocenters. The average molecular weight is 310 g/mol. The van der Waals surface area contributed by atoms with Gasteiger partial charge in [0.05, 0.1) is 20.8 Å².